The van der Waals surface area contributed by atoms with Crippen molar-refractivity contribution in [3.63, 3.8) is 0 Å². The Hall–Kier alpha value is -2.82. The third-order valence-corrected chi connectivity index (χ3v) is 3.28. The van der Waals surface area contributed by atoms with Crippen LogP contribution in [0.3, 0.4) is 0 Å². The first-order valence-corrected chi connectivity index (χ1v) is 7.85. The number of nitrogens with one attached hydrogen (secondary N) is 1. The van der Waals surface area contributed by atoms with Gasteiger partial charge in [0.25, 0.3) is 5.91 Å². The van der Waals surface area contributed by atoms with Gasteiger partial charge in [-0.1, -0.05) is 23.8 Å². The Bertz CT molecular complexity index is 712. The first kappa shape index (κ1) is 17.5. The van der Waals surface area contributed by atoms with E-state index in [0.29, 0.717) is 36.6 Å². The average molecular weight is 327 g/mol. The molecule has 1 amide bonds. The van der Waals surface area contributed by atoms with Gasteiger partial charge in [-0.15, -0.1) is 0 Å². The molecule has 0 aliphatic carbocycles. The normalized spacial score (nSPS) is 10.1. The molecule has 0 aromatic heterocycles. The molecular weight excluding hydrogens is 306 g/mol. The number of ether oxygens (including phenoxy) is 2. The van der Waals surface area contributed by atoms with Crippen LogP contribution in [0.4, 0.5) is 0 Å². The van der Waals surface area contributed by atoms with Gasteiger partial charge in [0.1, 0.15) is 12.4 Å². The number of aryl methyl sites for hydroxylation is 1. The maximum Gasteiger partial charge on any atom is 0.338 e. The number of hydrogen-bond donors (Lipinski definition) is 1. The van der Waals surface area contributed by atoms with Crippen LogP contribution in [0.1, 0.15) is 33.2 Å². The monoisotopic (exact) mass is 327 g/mol. The first-order valence-electron chi connectivity index (χ1n) is 7.85. The molecule has 5 heteroatoms. The fourth-order valence-electron chi connectivity index (χ4n) is 2.15. The molecular formula is C19H21NO4. The second kappa shape index (κ2) is 8.72. The molecule has 0 radical (unpaired) electrons. The van der Waals surface area contributed by atoms with Gasteiger partial charge in [0, 0.05) is 5.56 Å². The quantitative estimate of drug-likeness (QED) is 0.627. The Morgan fingerprint density at radius 1 is 1.04 bits per heavy atom. The molecule has 0 fully saturated rings. The zero-order chi connectivity index (χ0) is 17.4. The number of carbonyl (C=O) groups excluding carboxylic acids is 2. The summed E-state index contributed by atoms with van der Waals surface area (Å²) in [5.74, 6) is 0.0450. The first-order chi connectivity index (χ1) is 11.6. The number of benzene rings is 2. The lowest BCUT2D eigenvalue weighted by Crippen LogP contribution is -2.28. The molecule has 0 spiro atoms. The van der Waals surface area contributed by atoms with E-state index in [1.54, 1.807) is 37.3 Å². The van der Waals surface area contributed by atoms with Crippen molar-refractivity contribution < 1.29 is 19.1 Å². The molecule has 0 saturated carbocycles. The molecule has 0 saturated heterocycles. The lowest BCUT2D eigenvalue weighted by molar-refractivity contribution is 0.0525. The van der Waals surface area contributed by atoms with E-state index >= 15 is 0 Å². The van der Waals surface area contributed by atoms with Crippen molar-refractivity contribution in [3.05, 3.63) is 65.2 Å². The van der Waals surface area contributed by atoms with Gasteiger partial charge >= 0.3 is 5.97 Å². The SMILES string of the molecule is CCOC(=O)c1cccc(OCCNC(=O)c2cccc(C)c2)c1. The standard InChI is InChI=1S/C19H21NO4/c1-3-23-19(22)16-8-5-9-17(13-16)24-11-10-20-18(21)15-7-4-6-14(2)12-15/h4-9,12-13H,3,10-11H2,1-2H3,(H,20,21). The molecule has 0 aliphatic heterocycles. The number of rotatable bonds is 7. The van der Waals surface area contributed by atoms with Gasteiger partial charge in [-0.3, -0.25) is 4.79 Å². The van der Waals surface area contributed by atoms with Gasteiger partial charge in [0.15, 0.2) is 0 Å². The molecule has 5 nitrogen and oxygen atoms in total. The van der Waals surface area contributed by atoms with Crippen molar-refractivity contribution in [3.8, 4) is 5.75 Å². The summed E-state index contributed by atoms with van der Waals surface area (Å²) in [7, 11) is 0. The highest BCUT2D eigenvalue weighted by Crippen LogP contribution is 2.14. The van der Waals surface area contributed by atoms with Gasteiger partial charge in [-0.2, -0.15) is 0 Å². The molecule has 2 rings (SSSR count). The van der Waals surface area contributed by atoms with Crippen molar-refractivity contribution in [2.24, 2.45) is 0 Å². The highest BCUT2D eigenvalue weighted by molar-refractivity contribution is 5.94. The van der Waals surface area contributed by atoms with Gasteiger partial charge in [0.05, 0.1) is 18.7 Å². The van der Waals surface area contributed by atoms with Crippen LogP contribution < -0.4 is 10.1 Å². The van der Waals surface area contributed by atoms with Crippen LogP contribution in [0, 0.1) is 6.92 Å². The van der Waals surface area contributed by atoms with Crippen molar-refractivity contribution in [2.75, 3.05) is 19.8 Å². The van der Waals surface area contributed by atoms with Gasteiger partial charge in [-0.05, 0) is 44.2 Å². The Labute approximate surface area is 141 Å². The van der Waals surface area contributed by atoms with Crippen LogP contribution in [0.15, 0.2) is 48.5 Å². The van der Waals surface area contributed by atoms with E-state index in [2.05, 4.69) is 5.32 Å². The zero-order valence-electron chi connectivity index (χ0n) is 13.9. The second-order valence-electron chi connectivity index (χ2n) is 5.22. The summed E-state index contributed by atoms with van der Waals surface area (Å²) in [6, 6.07) is 14.2. The summed E-state index contributed by atoms with van der Waals surface area (Å²) in [5.41, 5.74) is 2.10. The van der Waals surface area contributed by atoms with E-state index in [9.17, 15) is 9.59 Å². The second-order valence-corrected chi connectivity index (χ2v) is 5.22. The summed E-state index contributed by atoms with van der Waals surface area (Å²) >= 11 is 0. The fourth-order valence-corrected chi connectivity index (χ4v) is 2.15. The maximum atomic E-state index is 12.0. The van der Waals surface area contributed by atoms with Gasteiger partial charge in [0.2, 0.25) is 0 Å². The summed E-state index contributed by atoms with van der Waals surface area (Å²) < 4.78 is 10.5. The van der Waals surface area contributed by atoms with Crippen LogP contribution in [0.25, 0.3) is 0 Å². The fraction of sp³-hybridized carbons (Fsp3) is 0.263. The third kappa shape index (κ3) is 5.12. The van der Waals surface area contributed by atoms with Crippen LogP contribution >= 0.6 is 0 Å². The minimum absolute atomic E-state index is 0.137. The van der Waals surface area contributed by atoms with E-state index in [0.717, 1.165) is 5.56 Å². The minimum atomic E-state index is -0.379. The Morgan fingerprint density at radius 2 is 1.79 bits per heavy atom. The molecule has 0 unspecified atom stereocenters. The Morgan fingerprint density at radius 3 is 2.54 bits per heavy atom. The maximum absolute atomic E-state index is 12.0. The van der Waals surface area contributed by atoms with Crippen LogP contribution in [0.2, 0.25) is 0 Å². The Kier molecular flexibility index (Phi) is 6.37. The number of hydrogen-bond acceptors (Lipinski definition) is 4. The van der Waals surface area contributed by atoms with E-state index in [1.165, 1.54) is 0 Å². The smallest absolute Gasteiger partial charge is 0.338 e. The molecule has 0 atom stereocenters. The minimum Gasteiger partial charge on any atom is -0.492 e. The molecule has 2 aromatic rings. The molecule has 126 valence electrons. The molecule has 0 heterocycles. The van der Waals surface area contributed by atoms with Crippen LogP contribution in [0.5, 0.6) is 5.75 Å². The largest absolute Gasteiger partial charge is 0.492 e. The topological polar surface area (TPSA) is 64.6 Å². The predicted molar refractivity (Wildman–Crippen MR) is 91.4 cm³/mol. The summed E-state index contributed by atoms with van der Waals surface area (Å²) in [6.07, 6.45) is 0. The lowest BCUT2D eigenvalue weighted by atomic mass is 10.1. The highest BCUT2D eigenvalue weighted by atomic mass is 16.5. The Balaban J connectivity index is 1.81. The number of esters is 1. The third-order valence-electron chi connectivity index (χ3n) is 3.28. The van der Waals surface area contributed by atoms with Crippen molar-refractivity contribution in [1.82, 2.24) is 5.32 Å². The van der Waals surface area contributed by atoms with Crippen molar-refractivity contribution in [1.29, 1.82) is 0 Å². The predicted octanol–water partition coefficient (Wildman–Crippen LogP) is 2.98. The van der Waals surface area contributed by atoms with Crippen molar-refractivity contribution in [2.45, 2.75) is 13.8 Å². The van der Waals surface area contributed by atoms with Crippen LogP contribution in [-0.4, -0.2) is 31.6 Å². The molecule has 0 bridgehead atoms. The van der Waals surface area contributed by atoms with Gasteiger partial charge in [-0.25, -0.2) is 4.79 Å². The lowest BCUT2D eigenvalue weighted by Gasteiger charge is -2.09. The summed E-state index contributed by atoms with van der Waals surface area (Å²) in [5, 5.41) is 2.80. The highest BCUT2D eigenvalue weighted by Gasteiger charge is 2.08. The van der Waals surface area contributed by atoms with Crippen LogP contribution in [-0.2, 0) is 4.74 Å². The van der Waals surface area contributed by atoms with E-state index in [1.807, 2.05) is 25.1 Å². The summed E-state index contributed by atoms with van der Waals surface area (Å²) in [6.45, 7) is 4.71. The van der Waals surface area contributed by atoms with E-state index in [4.69, 9.17) is 9.47 Å². The molecule has 0 aliphatic rings. The van der Waals surface area contributed by atoms with E-state index in [-0.39, 0.29) is 11.9 Å². The molecule has 24 heavy (non-hydrogen) atoms. The summed E-state index contributed by atoms with van der Waals surface area (Å²) in [4.78, 5) is 23.7. The zero-order valence-corrected chi connectivity index (χ0v) is 13.9. The van der Waals surface area contributed by atoms with Crippen molar-refractivity contribution >= 4 is 11.9 Å². The average Bonchev–Trinajstić information content (AvgIpc) is 2.59. The molecule has 2 aromatic carbocycles. The number of amides is 1. The molecule has 1 N–H and O–H groups in total. The van der Waals surface area contributed by atoms with E-state index < -0.39 is 0 Å². The van der Waals surface area contributed by atoms with Gasteiger partial charge < -0.3 is 14.8 Å². The number of carbonyl (C=O) groups is 2.